The maximum atomic E-state index is 5.54. The van der Waals surface area contributed by atoms with Crippen molar-refractivity contribution in [1.29, 1.82) is 0 Å². The fourth-order valence-electron chi connectivity index (χ4n) is 2.47. The Morgan fingerprint density at radius 2 is 2.00 bits per heavy atom. The molecule has 1 saturated heterocycles. The third-order valence-electron chi connectivity index (χ3n) is 4.55. The molecule has 0 radical (unpaired) electrons. The lowest BCUT2D eigenvalue weighted by atomic mass is 9.84. The molecule has 0 aromatic rings. The largest absolute Gasteiger partial charge is 0.381 e. The highest BCUT2D eigenvalue weighted by atomic mass is 16.5. The van der Waals surface area contributed by atoms with E-state index in [0.29, 0.717) is 11.8 Å². The van der Waals surface area contributed by atoms with Crippen molar-refractivity contribution in [2.45, 2.75) is 46.6 Å². The maximum absolute atomic E-state index is 5.54. The van der Waals surface area contributed by atoms with Gasteiger partial charge in [0.15, 0.2) is 0 Å². The van der Waals surface area contributed by atoms with E-state index in [1.54, 1.807) is 0 Å². The number of hydrogen-bond acceptors (Lipinski definition) is 3. The fourth-order valence-corrected chi connectivity index (χ4v) is 2.47. The van der Waals surface area contributed by atoms with Crippen molar-refractivity contribution in [3.8, 4) is 0 Å². The molecule has 3 heteroatoms. The van der Waals surface area contributed by atoms with E-state index in [1.807, 2.05) is 0 Å². The summed E-state index contributed by atoms with van der Waals surface area (Å²) in [5, 5.41) is 0. The third-order valence-corrected chi connectivity index (χ3v) is 4.55. The third kappa shape index (κ3) is 4.27. The van der Waals surface area contributed by atoms with E-state index in [-0.39, 0.29) is 5.54 Å². The summed E-state index contributed by atoms with van der Waals surface area (Å²) in [5.41, 5.74) is 3.19. The minimum Gasteiger partial charge on any atom is -0.381 e. The Morgan fingerprint density at radius 3 is 2.38 bits per heavy atom. The Balaban J connectivity index is 3.23. The molecular weight excluding hydrogens is 260 g/mol. The van der Waals surface area contributed by atoms with Crippen LogP contribution >= 0.6 is 0 Å². The van der Waals surface area contributed by atoms with Crippen LogP contribution in [0.5, 0.6) is 0 Å². The van der Waals surface area contributed by atoms with Crippen LogP contribution in [0.4, 0.5) is 0 Å². The molecule has 1 rings (SSSR count). The average molecular weight is 292 g/mol. The summed E-state index contributed by atoms with van der Waals surface area (Å²) in [6, 6.07) is 0. The van der Waals surface area contributed by atoms with Gasteiger partial charge < -0.3 is 4.74 Å². The van der Waals surface area contributed by atoms with Gasteiger partial charge in [0, 0.05) is 18.2 Å². The zero-order chi connectivity index (χ0) is 16.2. The summed E-state index contributed by atoms with van der Waals surface area (Å²) < 4.78 is 5.54. The summed E-state index contributed by atoms with van der Waals surface area (Å²) in [7, 11) is 4.19. The van der Waals surface area contributed by atoms with Gasteiger partial charge in [0.2, 0.25) is 0 Å². The molecule has 0 spiro atoms. The van der Waals surface area contributed by atoms with Crippen LogP contribution in [0.15, 0.2) is 28.9 Å². The van der Waals surface area contributed by atoms with Crippen LogP contribution in [0.3, 0.4) is 0 Å². The van der Waals surface area contributed by atoms with Crippen molar-refractivity contribution in [3.63, 3.8) is 0 Å². The summed E-state index contributed by atoms with van der Waals surface area (Å²) in [5.74, 6) is 0.809. The number of hydrogen-bond donors (Lipinski definition) is 0. The van der Waals surface area contributed by atoms with Gasteiger partial charge in [0.1, 0.15) is 0 Å². The van der Waals surface area contributed by atoms with E-state index in [4.69, 9.17) is 9.73 Å². The first-order valence-electron chi connectivity index (χ1n) is 7.91. The summed E-state index contributed by atoms with van der Waals surface area (Å²) in [6.07, 6.45) is 3.16. The Labute approximate surface area is 130 Å². The van der Waals surface area contributed by atoms with Crippen LogP contribution in [-0.2, 0) is 4.74 Å². The molecule has 1 fully saturated rings. The van der Waals surface area contributed by atoms with E-state index in [0.717, 1.165) is 36.6 Å². The minimum atomic E-state index is -0.150. The lowest BCUT2D eigenvalue weighted by Gasteiger charge is -2.36. The van der Waals surface area contributed by atoms with E-state index in [2.05, 4.69) is 66.3 Å². The van der Waals surface area contributed by atoms with Crippen LogP contribution in [0, 0.1) is 11.8 Å². The monoisotopic (exact) mass is 292 g/mol. The molecule has 0 amide bonds. The first-order valence-corrected chi connectivity index (χ1v) is 7.91. The summed E-state index contributed by atoms with van der Waals surface area (Å²) >= 11 is 0. The highest BCUT2D eigenvalue weighted by Gasteiger charge is 2.33. The van der Waals surface area contributed by atoms with Gasteiger partial charge in [-0.3, -0.25) is 9.89 Å². The predicted octanol–water partition coefficient (Wildman–Crippen LogP) is 3.92. The van der Waals surface area contributed by atoms with Crippen LogP contribution < -0.4 is 0 Å². The highest BCUT2D eigenvalue weighted by Crippen LogP contribution is 2.29. The van der Waals surface area contributed by atoms with Gasteiger partial charge in [0.25, 0.3) is 0 Å². The number of allylic oxidation sites excluding steroid dienone is 2. The molecule has 1 aliphatic heterocycles. The molecular formula is C18H32N2O. The van der Waals surface area contributed by atoms with E-state index in [9.17, 15) is 0 Å². The van der Waals surface area contributed by atoms with Gasteiger partial charge in [0.05, 0.1) is 17.9 Å². The molecule has 21 heavy (non-hydrogen) atoms. The van der Waals surface area contributed by atoms with Gasteiger partial charge in [-0.25, -0.2) is 0 Å². The number of aliphatic imine (C=N–C) groups is 1. The SMILES string of the molecule is C=C(C(=N/C(=C\C)C(C)C)C(C)(C)N(C)C)[C@H]1CCOC1. The van der Waals surface area contributed by atoms with Gasteiger partial charge in [-0.15, -0.1) is 0 Å². The second kappa shape index (κ2) is 7.37. The molecule has 0 saturated carbocycles. The molecule has 1 aliphatic rings. The van der Waals surface area contributed by atoms with Gasteiger partial charge >= 0.3 is 0 Å². The second-order valence-electron chi connectivity index (χ2n) is 6.87. The lowest BCUT2D eigenvalue weighted by Crippen LogP contribution is -2.47. The van der Waals surface area contributed by atoms with Crippen molar-refractivity contribution in [2.24, 2.45) is 16.8 Å². The smallest absolute Gasteiger partial charge is 0.0633 e. The van der Waals surface area contributed by atoms with Crippen LogP contribution in [0.2, 0.25) is 0 Å². The molecule has 1 heterocycles. The maximum Gasteiger partial charge on any atom is 0.0633 e. The first-order chi connectivity index (χ1) is 9.71. The molecule has 0 unspecified atom stereocenters. The average Bonchev–Trinajstić information content (AvgIpc) is 2.92. The van der Waals surface area contributed by atoms with E-state index < -0.39 is 0 Å². The van der Waals surface area contributed by atoms with Gasteiger partial charge in [-0.05, 0) is 52.8 Å². The van der Waals surface area contributed by atoms with Crippen LogP contribution in [0.25, 0.3) is 0 Å². The number of nitrogens with zero attached hydrogens (tertiary/aromatic N) is 2. The standard InChI is InChI=1S/C18H32N2O/c1-9-16(13(2)3)19-17(18(5,6)20(7)8)14(4)15-10-11-21-12-15/h9,13,15H,4,10-12H2,1-3,5-8H3/b16-9-,19-17?/t15-/m0/s1. The Hall–Kier alpha value is -0.930. The zero-order valence-corrected chi connectivity index (χ0v) is 14.9. The number of ether oxygens (including phenoxy) is 1. The van der Waals surface area contributed by atoms with Crippen molar-refractivity contribution >= 4 is 5.71 Å². The Kier molecular flexibility index (Phi) is 6.36. The minimum absolute atomic E-state index is 0.150. The van der Waals surface area contributed by atoms with E-state index >= 15 is 0 Å². The quantitative estimate of drug-likeness (QED) is 0.693. The Bertz CT molecular complexity index is 424. The molecule has 0 aromatic heterocycles. The predicted molar refractivity (Wildman–Crippen MR) is 91.9 cm³/mol. The van der Waals surface area contributed by atoms with Crippen molar-refractivity contribution < 1.29 is 4.74 Å². The first kappa shape index (κ1) is 18.1. The summed E-state index contributed by atoms with van der Waals surface area (Å²) in [6.45, 7) is 16.8. The molecule has 0 aromatic carbocycles. The molecule has 0 N–H and O–H groups in total. The summed E-state index contributed by atoms with van der Waals surface area (Å²) in [4.78, 5) is 7.22. The van der Waals surface area contributed by atoms with Crippen LogP contribution in [0.1, 0.15) is 41.0 Å². The van der Waals surface area contributed by atoms with Crippen molar-refractivity contribution in [3.05, 3.63) is 23.9 Å². The van der Waals surface area contributed by atoms with E-state index in [1.165, 1.54) is 0 Å². The lowest BCUT2D eigenvalue weighted by molar-refractivity contribution is 0.190. The molecule has 120 valence electrons. The molecule has 0 bridgehead atoms. The Morgan fingerprint density at radius 1 is 1.38 bits per heavy atom. The fraction of sp³-hybridized carbons (Fsp3) is 0.722. The van der Waals surface area contributed by atoms with Crippen molar-refractivity contribution in [1.82, 2.24) is 4.90 Å². The van der Waals surface area contributed by atoms with Gasteiger partial charge in [-0.2, -0.15) is 0 Å². The van der Waals surface area contributed by atoms with Crippen molar-refractivity contribution in [2.75, 3.05) is 27.3 Å². The number of rotatable bonds is 6. The zero-order valence-electron chi connectivity index (χ0n) is 14.9. The molecule has 0 aliphatic carbocycles. The van der Waals surface area contributed by atoms with Crippen LogP contribution in [-0.4, -0.2) is 43.5 Å². The normalized spacial score (nSPS) is 21.5. The van der Waals surface area contributed by atoms with Gasteiger partial charge in [-0.1, -0.05) is 26.5 Å². The molecule has 3 nitrogen and oxygen atoms in total. The second-order valence-corrected chi connectivity index (χ2v) is 6.87. The highest BCUT2D eigenvalue weighted by molar-refractivity contribution is 6.07. The topological polar surface area (TPSA) is 24.8 Å². The molecule has 1 atom stereocenters.